The van der Waals surface area contributed by atoms with E-state index in [0.29, 0.717) is 4.32 Å². The second-order valence-corrected chi connectivity index (χ2v) is 6.57. The summed E-state index contributed by atoms with van der Waals surface area (Å²) in [4.78, 5) is 2.06. The van der Waals surface area contributed by atoms with Crippen molar-refractivity contribution < 1.29 is 0 Å². The van der Waals surface area contributed by atoms with Gasteiger partial charge in [-0.15, -0.1) is 0 Å². The lowest BCUT2D eigenvalue weighted by Gasteiger charge is -2.11. The van der Waals surface area contributed by atoms with E-state index >= 15 is 0 Å². The maximum atomic E-state index is 5.25. The Bertz CT molecular complexity index is 622. The topological polar surface area (TPSA) is 27.6 Å². The van der Waals surface area contributed by atoms with Crippen molar-refractivity contribution in [2.75, 3.05) is 19.0 Å². The minimum atomic E-state index is 0.671. The van der Waals surface area contributed by atoms with Gasteiger partial charge in [0.05, 0.1) is 6.21 Å². The molecule has 114 valence electrons. The van der Waals surface area contributed by atoms with Crippen molar-refractivity contribution >= 4 is 40.2 Å². The van der Waals surface area contributed by atoms with Gasteiger partial charge < -0.3 is 4.90 Å². The molecular formula is C17H19N3S2. The van der Waals surface area contributed by atoms with Crippen molar-refractivity contribution in [1.82, 2.24) is 5.43 Å². The average Bonchev–Trinajstić information content (AvgIpc) is 2.54. The molecule has 5 heteroatoms. The van der Waals surface area contributed by atoms with E-state index in [2.05, 4.69) is 39.7 Å². The number of nitrogens with one attached hydrogen (secondary N) is 1. The minimum Gasteiger partial charge on any atom is -0.378 e. The highest BCUT2D eigenvalue weighted by Crippen LogP contribution is 2.13. The van der Waals surface area contributed by atoms with E-state index in [1.807, 2.05) is 44.4 Å². The fourth-order valence-corrected chi connectivity index (χ4v) is 2.61. The van der Waals surface area contributed by atoms with E-state index in [0.717, 1.165) is 11.3 Å². The number of hydrazone groups is 1. The first-order chi connectivity index (χ1) is 10.6. The summed E-state index contributed by atoms with van der Waals surface area (Å²) in [6, 6.07) is 18.4. The van der Waals surface area contributed by atoms with E-state index in [9.17, 15) is 0 Å². The van der Waals surface area contributed by atoms with E-state index in [-0.39, 0.29) is 0 Å². The van der Waals surface area contributed by atoms with Crippen LogP contribution in [-0.4, -0.2) is 24.6 Å². The molecule has 0 aromatic heterocycles. The third-order valence-electron chi connectivity index (χ3n) is 2.99. The molecule has 0 aliphatic heterocycles. The average molecular weight is 329 g/mol. The number of nitrogens with zero attached hydrogens (tertiary/aromatic N) is 2. The first kappa shape index (κ1) is 16.5. The predicted molar refractivity (Wildman–Crippen MR) is 102 cm³/mol. The van der Waals surface area contributed by atoms with E-state index < -0.39 is 0 Å². The van der Waals surface area contributed by atoms with Crippen LogP contribution in [0.1, 0.15) is 11.1 Å². The molecule has 0 bridgehead atoms. The zero-order valence-corrected chi connectivity index (χ0v) is 14.3. The maximum absolute atomic E-state index is 5.25. The Labute approximate surface area is 141 Å². The van der Waals surface area contributed by atoms with Gasteiger partial charge in [-0.1, -0.05) is 66.4 Å². The minimum absolute atomic E-state index is 0.671. The predicted octanol–water partition coefficient (Wildman–Crippen LogP) is 3.89. The van der Waals surface area contributed by atoms with Crippen molar-refractivity contribution in [1.29, 1.82) is 0 Å². The molecule has 0 saturated heterocycles. The van der Waals surface area contributed by atoms with Crippen molar-refractivity contribution in [3.63, 3.8) is 0 Å². The zero-order valence-electron chi connectivity index (χ0n) is 12.7. The van der Waals surface area contributed by atoms with Gasteiger partial charge in [0, 0.05) is 25.5 Å². The molecule has 0 radical (unpaired) electrons. The Morgan fingerprint density at radius 2 is 1.82 bits per heavy atom. The van der Waals surface area contributed by atoms with Crippen molar-refractivity contribution in [3.8, 4) is 0 Å². The van der Waals surface area contributed by atoms with Gasteiger partial charge in [0.2, 0.25) is 0 Å². The summed E-state index contributed by atoms with van der Waals surface area (Å²) in [6.45, 7) is 0. The Morgan fingerprint density at radius 1 is 1.14 bits per heavy atom. The van der Waals surface area contributed by atoms with Crippen molar-refractivity contribution in [2.45, 2.75) is 5.75 Å². The summed E-state index contributed by atoms with van der Waals surface area (Å²) in [5, 5.41) is 4.18. The molecule has 1 N–H and O–H groups in total. The second-order valence-electron chi connectivity index (χ2n) is 4.92. The molecule has 3 nitrogen and oxygen atoms in total. The van der Waals surface area contributed by atoms with Gasteiger partial charge in [-0.2, -0.15) is 5.10 Å². The largest absolute Gasteiger partial charge is 0.378 e. The number of benzene rings is 2. The summed E-state index contributed by atoms with van der Waals surface area (Å²) >= 11 is 6.83. The molecule has 0 heterocycles. The van der Waals surface area contributed by atoms with Crippen LogP contribution in [0.5, 0.6) is 0 Å². The fraction of sp³-hybridized carbons (Fsp3) is 0.176. The number of thioether (sulfide) groups is 1. The molecule has 22 heavy (non-hydrogen) atoms. The SMILES string of the molecule is CN(C)c1ccc(/C=N/NC(=S)SCc2ccccc2)cc1. The molecule has 0 aliphatic rings. The summed E-state index contributed by atoms with van der Waals surface area (Å²) < 4.78 is 0.671. The van der Waals surface area contributed by atoms with Crippen LogP contribution in [-0.2, 0) is 5.75 Å². The molecule has 2 aromatic rings. The van der Waals surface area contributed by atoms with Crippen LogP contribution in [0.3, 0.4) is 0 Å². The Morgan fingerprint density at radius 3 is 2.45 bits per heavy atom. The summed E-state index contributed by atoms with van der Waals surface area (Å²) in [5.74, 6) is 0.847. The van der Waals surface area contributed by atoms with Crippen LogP contribution in [0.15, 0.2) is 59.7 Å². The normalized spacial score (nSPS) is 10.6. The monoisotopic (exact) mass is 329 g/mol. The molecule has 0 fully saturated rings. The van der Waals surface area contributed by atoms with E-state index in [1.54, 1.807) is 18.0 Å². The quantitative estimate of drug-likeness (QED) is 0.511. The van der Waals surface area contributed by atoms with Crippen LogP contribution >= 0.6 is 24.0 Å². The highest BCUT2D eigenvalue weighted by atomic mass is 32.2. The first-order valence-electron chi connectivity index (χ1n) is 6.92. The van der Waals surface area contributed by atoms with Gasteiger partial charge in [0.1, 0.15) is 0 Å². The molecule has 0 aliphatic carbocycles. The van der Waals surface area contributed by atoms with Crippen LogP contribution in [0, 0.1) is 0 Å². The first-order valence-corrected chi connectivity index (χ1v) is 8.31. The lowest BCUT2D eigenvalue weighted by atomic mass is 10.2. The van der Waals surface area contributed by atoms with Gasteiger partial charge in [-0.3, -0.25) is 5.43 Å². The molecule has 0 saturated carbocycles. The standard InChI is InChI=1S/C17H19N3S2/c1-20(2)16-10-8-14(9-11-16)12-18-19-17(21)22-13-15-6-4-3-5-7-15/h3-12H,13H2,1-2H3,(H,19,21)/b18-12+. The van der Waals surface area contributed by atoms with Gasteiger partial charge in [0.25, 0.3) is 0 Å². The summed E-state index contributed by atoms with van der Waals surface area (Å²) in [6.07, 6.45) is 1.77. The zero-order chi connectivity index (χ0) is 15.8. The lowest BCUT2D eigenvalue weighted by Crippen LogP contribution is -2.11. The number of hydrogen-bond acceptors (Lipinski definition) is 4. The summed E-state index contributed by atoms with van der Waals surface area (Å²) in [7, 11) is 4.04. The lowest BCUT2D eigenvalue weighted by molar-refractivity contribution is 1.07. The van der Waals surface area contributed by atoms with Gasteiger partial charge >= 0.3 is 0 Å². The van der Waals surface area contributed by atoms with Gasteiger partial charge in [0.15, 0.2) is 4.32 Å². The third kappa shape index (κ3) is 5.50. The second kappa shape index (κ2) is 8.56. The van der Waals surface area contributed by atoms with Crippen molar-refractivity contribution in [2.24, 2.45) is 5.10 Å². The highest BCUT2D eigenvalue weighted by molar-refractivity contribution is 8.22. The Balaban J connectivity index is 1.78. The smallest absolute Gasteiger partial charge is 0.154 e. The van der Waals surface area contributed by atoms with Crippen LogP contribution in [0.4, 0.5) is 5.69 Å². The van der Waals surface area contributed by atoms with Crippen LogP contribution in [0.25, 0.3) is 0 Å². The number of hydrogen-bond donors (Lipinski definition) is 1. The number of thiocarbonyl (C=S) groups is 1. The highest BCUT2D eigenvalue weighted by Gasteiger charge is 1.97. The summed E-state index contributed by atoms with van der Waals surface area (Å²) in [5.41, 5.74) is 6.34. The van der Waals surface area contributed by atoms with Gasteiger partial charge in [-0.25, -0.2) is 0 Å². The molecule has 2 aromatic carbocycles. The molecule has 2 rings (SSSR count). The molecule has 0 amide bonds. The Hall–Kier alpha value is -1.85. The molecule has 0 unspecified atom stereocenters. The van der Waals surface area contributed by atoms with E-state index in [4.69, 9.17) is 12.2 Å². The molecule has 0 atom stereocenters. The number of rotatable bonds is 5. The van der Waals surface area contributed by atoms with Crippen molar-refractivity contribution in [3.05, 3.63) is 65.7 Å². The number of anilines is 1. The van der Waals surface area contributed by atoms with Crippen LogP contribution in [0.2, 0.25) is 0 Å². The molecular weight excluding hydrogens is 310 g/mol. The molecule has 0 spiro atoms. The Kier molecular flexibility index (Phi) is 6.43. The van der Waals surface area contributed by atoms with Gasteiger partial charge in [-0.05, 0) is 23.3 Å². The fourth-order valence-electron chi connectivity index (χ4n) is 1.77. The van der Waals surface area contributed by atoms with Crippen LogP contribution < -0.4 is 10.3 Å². The maximum Gasteiger partial charge on any atom is 0.154 e. The van der Waals surface area contributed by atoms with E-state index in [1.165, 1.54) is 11.3 Å². The third-order valence-corrected chi connectivity index (χ3v) is 4.27.